The molecule has 1 unspecified atom stereocenters. The van der Waals surface area contributed by atoms with Crippen molar-refractivity contribution >= 4 is 27.3 Å². The molecule has 1 aromatic rings. The van der Waals surface area contributed by atoms with E-state index in [9.17, 15) is 26.4 Å². The molecule has 5 nitrogen and oxygen atoms in total. The summed E-state index contributed by atoms with van der Waals surface area (Å²) in [7, 11) is -4.30. The highest BCUT2D eigenvalue weighted by Gasteiger charge is 2.35. The minimum atomic E-state index is -4.64. The Labute approximate surface area is 117 Å². The van der Waals surface area contributed by atoms with Gasteiger partial charge in [-0.1, -0.05) is 13.8 Å². The Kier molecular flexibility index (Phi) is 4.82. The van der Waals surface area contributed by atoms with Gasteiger partial charge in [-0.15, -0.1) is 11.3 Å². The van der Waals surface area contributed by atoms with Crippen LogP contribution in [0, 0.1) is 5.92 Å². The largest absolute Gasteiger partial charge is 0.480 e. The van der Waals surface area contributed by atoms with Gasteiger partial charge in [0.1, 0.15) is 15.1 Å². The number of rotatable bonds is 5. The van der Waals surface area contributed by atoms with Crippen LogP contribution < -0.4 is 4.72 Å². The molecule has 0 bridgehead atoms. The Hall–Kier alpha value is -1.13. The van der Waals surface area contributed by atoms with Crippen LogP contribution in [0.4, 0.5) is 13.2 Å². The van der Waals surface area contributed by atoms with Crippen LogP contribution in [0.1, 0.15) is 18.7 Å². The number of aliphatic carboxylic acids is 1. The number of carboxylic acid groups (broad SMARTS) is 1. The molecule has 0 amide bonds. The van der Waals surface area contributed by atoms with E-state index >= 15 is 0 Å². The summed E-state index contributed by atoms with van der Waals surface area (Å²) in [6.45, 7) is 2.97. The van der Waals surface area contributed by atoms with Crippen LogP contribution in [-0.2, 0) is 21.0 Å². The van der Waals surface area contributed by atoms with Gasteiger partial charge in [0.2, 0.25) is 0 Å². The van der Waals surface area contributed by atoms with Crippen LogP contribution in [0.25, 0.3) is 0 Å². The molecular formula is C10H12F3NO4S2. The second kappa shape index (κ2) is 5.70. The molecular weight excluding hydrogens is 319 g/mol. The third kappa shape index (κ3) is 3.93. The maximum absolute atomic E-state index is 12.4. The van der Waals surface area contributed by atoms with E-state index in [0.717, 1.165) is 6.07 Å². The molecule has 1 aromatic heterocycles. The van der Waals surface area contributed by atoms with E-state index in [1.807, 2.05) is 4.72 Å². The van der Waals surface area contributed by atoms with Gasteiger partial charge in [0.05, 0.1) is 0 Å². The molecule has 0 saturated carbocycles. The predicted octanol–water partition coefficient (Wildman–Crippen LogP) is 2.15. The molecule has 0 spiro atoms. The van der Waals surface area contributed by atoms with Crippen molar-refractivity contribution in [1.82, 2.24) is 4.72 Å². The number of nitrogens with one attached hydrogen (secondary N) is 1. The molecule has 0 aliphatic heterocycles. The number of alkyl halides is 3. The second-order valence-electron chi connectivity index (χ2n) is 4.30. The highest BCUT2D eigenvalue weighted by atomic mass is 32.2. The average Bonchev–Trinajstić information content (AvgIpc) is 2.74. The number of halogens is 3. The molecule has 2 N–H and O–H groups in total. The van der Waals surface area contributed by atoms with E-state index in [2.05, 4.69) is 0 Å². The van der Waals surface area contributed by atoms with E-state index in [1.165, 1.54) is 13.8 Å². The normalized spacial score (nSPS) is 14.5. The number of thiophene rings is 1. The summed E-state index contributed by atoms with van der Waals surface area (Å²) in [6.07, 6.45) is -4.64. The highest BCUT2D eigenvalue weighted by Crippen LogP contribution is 2.36. The first-order valence-electron chi connectivity index (χ1n) is 5.37. The molecule has 0 radical (unpaired) electrons. The van der Waals surface area contributed by atoms with Crippen molar-refractivity contribution in [3.63, 3.8) is 0 Å². The number of hydrogen-bond acceptors (Lipinski definition) is 4. The quantitative estimate of drug-likeness (QED) is 0.866. The lowest BCUT2D eigenvalue weighted by Crippen LogP contribution is -2.43. The molecule has 20 heavy (non-hydrogen) atoms. The topological polar surface area (TPSA) is 83.5 Å². The van der Waals surface area contributed by atoms with Crippen LogP contribution >= 0.6 is 11.3 Å². The van der Waals surface area contributed by atoms with Gasteiger partial charge in [0.15, 0.2) is 0 Å². The first-order chi connectivity index (χ1) is 8.95. The fourth-order valence-corrected chi connectivity index (χ4v) is 3.84. The van der Waals surface area contributed by atoms with Crippen LogP contribution in [0.3, 0.4) is 0 Å². The first-order valence-corrected chi connectivity index (χ1v) is 7.67. The Bertz CT molecular complexity index is 592. The van der Waals surface area contributed by atoms with Gasteiger partial charge in [-0.05, 0) is 18.1 Å². The van der Waals surface area contributed by atoms with Gasteiger partial charge in [0, 0.05) is 0 Å². The van der Waals surface area contributed by atoms with E-state index in [0.29, 0.717) is 6.07 Å². The third-order valence-corrected chi connectivity index (χ3v) is 5.40. The van der Waals surface area contributed by atoms with Gasteiger partial charge in [-0.2, -0.15) is 17.9 Å². The van der Waals surface area contributed by atoms with Crippen molar-refractivity contribution in [1.29, 1.82) is 0 Å². The molecule has 0 fully saturated rings. The minimum Gasteiger partial charge on any atom is -0.480 e. The van der Waals surface area contributed by atoms with Crippen LogP contribution in [-0.4, -0.2) is 25.5 Å². The number of carboxylic acids is 1. The summed E-state index contributed by atoms with van der Waals surface area (Å²) in [5.74, 6) is -1.94. The molecule has 1 heterocycles. The Balaban J connectivity index is 3.05. The average molecular weight is 331 g/mol. The Morgan fingerprint density at radius 2 is 1.90 bits per heavy atom. The molecule has 1 atom stereocenters. The fraction of sp³-hybridized carbons (Fsp3) is 0.500. The van der Waals surface area contributed by atoms with Crippen molar-refractivity contribution in [2.24, 2.45) is 5.92 Å². The first kappa shape index (κ1) is 16.9. The molecule has 0 aliphatic carbocycles. The van der Waals surface area contributed by atoms with E-state index in [4.69, 9.17) is 5.11 Å². The summed E-state index contributed by atoms with van der Waals surface area (Å²) in [5, 5.41) is 8.88. The smallest absolute Gasteiger partial charge is 0.425 e. The summed E-state index contributed by atoms with van der Waals surface area (Å²) >= 11 is 0.0438. The fourth-order valence-electron chi connectivity index (χ4n) is 1.31. The second-order valence-corrected chi connectivity index (χ2v) is 7.32. The molecule has 1 rings (SSSR count). The third-order valence-electron chi connectivity index (χ3n) is 2.34. The molecule has 10 heteroatoms. The van der Waals surface area contributed by atoms with Gasteiger partial charge in [0.25, 0.3) is 10.0 Å². The molecule has 0 aliphatic rings. The SMILES string of the molecule is CC(C)C(NS(=O)(=O)c1ccc(C(F)(F)F)s1)C(=O)O. The molecule has 114 valence electrons. The zero-order valence-corrected chi connectivity index (χ0v) is 12.1. The monoisotopic (exact) mass is 331 g/mol. The van der Waals surface area contributed by atoms with Crippen LogP contribution in [0.5, 0.6) is 0 Å². The molecule has 0 aromatic carbocycles. The van der Waals surface area contributed by atoms with E-state index in [-0.39, 0.29) is 11.3 Å². The number of hydrogen-bond donors (Lipinski definition) is 2. The zero-order chi connectivity index (χ0) is 15.7. The van der Waals surface area contributed by atoms with Crippen LogP contribution in [0.2, 0.25) is 0 Å². The summed E-state index contributed by atoms with van der Waals surface area (Å²) in [6, 6.07) is 0.0378. The van der Waals surface area contributed by atoms with Crippen LogP contribution in [0.15, 0.2) is 16.3 Å². The number of carbonyl (C=O) groups is 1. The lowest BCUT2D eigenvalue weighted by atomic mass is 10.1. The predicted molar refractivity (Wildman–Crippen MR) is 65.9 cm³/mol. The standard InChI is InChI=1S/C10H12F3NO4S2/c1-5(2)8(9(15)16)14-20(17,18)7-4-3-6(19-7)10(11,12)13/h3-5,8,14H,1-2H3,(H,15,16). The van der Waals surface area contributed by atoms with Crippen molar-refractivity contribution in [3.8, 4) is 0 Å². The van der Waals surface area contributed by atoms with E-state index < -0.39 is 43.2 Å². The maximum Gasteiger partial charge on any atom is 0.425 e. The van der Waals surface area contributed by atoms with Crippen molar-refractivity contribution in [2.75, 3.05) is 0 Å². The minimum absolute atomic E-state index is 0.0438. The summed E-state index contributed by atoms with van der Waals surface area (Å²) < 4.78 is 62.3. The van der Waals surface area contributed by atoms with Crippen molar-refractivity contribution in [3.05, 3.63) is 17.0 Å². The highest BCUT2D eigenvalue weighted by molar-refractivity contribution is 7.91. The Morgan fingerprint density at radius 1 is 1.35 bits per heavy atom. The van der Waals surface area contributed by atoms with E-state index in [1.54, 1.807) is 0 Å². The van der Waals surface area contributed by atoms with Crippen molar-refractivity contribution in [2.45, 2.75) is 30.3 Å². The van der Waals surface area contributed by atoms with Crippen molar-refractivity contribution < 1.29 is 31.5 Å². The van der Waals surface area contributed by atoms with Gasteiger partial charge < -0.3 is 5.11 Å². The zero-order valence-electron chi connectivity index (χ0n) is 10.4. The lowest BCUT2D eigenvalue weighted by molar-refractivity contribution is -0.140. The summed E-state index contributed by atoms with van der Waals surface area (Å²) in [5.41, 5.74) is 0. The summed E-state index contributed by atoms with van der Waals surface area (Å²) in [4.78, 5) is 9.85. The van der Waals surface area contributed by atoms with Gasteiger partial charge >= 0.3 is 12.1 Å². The Morgan fingerprint density at radius 3 is 2.25 bits per heavy atom. The van der Waals surface area contributed by atoms with Gasteiger partial charge in [-0.25, -0.2) is 8.42 Å². The maximum atomic E-state index is 12.4. The molecule has 0 saturated heterocycles. The lowest BCUT2D eigenvalue weighted by Gasteiger charge is -2.17. The number of sulfonamides is 1. The van der Waals surface area contributed by atoms with Gasteiger partial charge in [-0.3, -0.25) is 4.79 Å².